The molecule has 0 spiro atoms. The number of nitrogens with zero attached hydrogens (tertiary/aromatic N) is 3. The van der Waals surface area contributed by atoms with Crippen LogP contribution in [0.4, 0.5) is 10.1 Å². The van der Waals surface area contributed by atoms with Crippen LogP contribution in [0.15, 0.2) is 79.0 Å². The SMILES string of the molecule is COc1ccc(-n2c(C)cc(C3C(c4ccccn4)NC(=S)N3CCC(=O)Nc3ccccc3F)c2C)cc1. The number of nitrogens with one attached hydrogen (secondary N) is 2. The fraction of sp³-hybridized carbons (Fsp3) is 0.233. The summed E-state index contributed by atoms with van der Waals surface area (Å²) >= 11 is 5.78. The van der Waals surface area contributed by atoms with Gasteiger partial charge in [0.2, 0.25) is 5.91 Å². The number of methoxy groups -OCH3 is 1. The predicted molar refractivity (Wildman–Crippen MR) is 154 cm³/mol. The van der Waals surface area contributed by atoms with Gasteiger partial charge in [0, 0.05) is 36.2 Å². The topological polar surface area (TPSA) is 71.4 Å². The molecule has 2 aromatic carbocycles. The average molecular weight is 544 g/mol. The van der Waals surface area contributed by atoms with Gasteiger partial charge in [-0.25, -0.2) is 4.39 Å². The minimum absolute atomic E-state index is 0.138. The second-order valence-corrected chi connectivity index (χ2v) is 9.84. The molecule has 3 heterocycles. The first kappa shape index (κ1) is 26.4. The van der Waals surface area contributed by atoms with Gasteiger partial charge in [-0.3, -0.25) is 9.78 Å². The Hall–Kier alpha value is -4.24. The Bertz CT molecular complexity index is 1490. The summed E-state index contributed by atoms with van der Waals surface area (Å²) in [6.07, 6.45) is 1.90. The number of carbonyl (C=O) groups is 1. The monoisotopic (exact) mass is 543 g/mol. The number of halogens is 1. The van der Waals surface area contributed by atoms with Crippen molar-refractivity contribution in [1.82, 2.24) is 19.8 Å². The Labute approximate surface area is 232 Å². The zero-order valence-electron chi connectivity index (χ0n) is 22.0. The number of rotatable bonds is 8. The highest BCUT2D eigenvalue weighted by atomic mass is 32.1. The molecule has 1 amide bonds. The van der Waals surface area contributed by atoms with Crippen molar-refractivity contribution in [2.75, 3.05) is 19.0 Å². The van der Waals surface area contributed by atoms with E-state index in [1.165, 1.54) is 6.07 Å². The third-order valence-corrected chi connectivity index (χ3v) is 7.40. The number of pyridine rings is 1. The van der Waals surface area contributed by atoms with Crippen molar-refractivity contribution in [1.29, 1.82) is 0 Å². The van der Waals surface area contributed by atoms with E-state index in [4.69, 9.17) is 17.0 Å². The van der Waals surface area contributed by atoms with Gasteiger partial charge in [0.15, 0.2) is 5.11 Å². The van der Waals surface area contributed by atoms with Gasteiger partial charge in [-0.1, -0.05) is 18.2 Å². The third-order valence-electron chi connectivity index (χ3n) is 7.05. The lowest BCUT2D eigenvalue weighted by Gasteiger charge is -2.28. The first-order valence-corrected chi connectivity index (χ1v) is 13.1. The molecule has 39 heavy (non-hydrogen) atoms. The third kappa shape index (κ3) is 5.35. The largest absolute Gasteiger partial charge is 0.497 e. The Balaban J connectivity index is 1.47. The second kappa shape index (κ2) is 11.2. The van der Waals surface area contributed by atoms with Crippen molar-refractivity contribution < 1.29 is 13.9 Å². The number of hydrogen-bond acceptors (Lipinski definition) is 4. The van der Waals surface area contributed by atoms with Crippen LogP contribution in [0.3, 0.4) is 0 Å². The molecule has 1 fully saturated rings. The van der Waals surface area contributed by atoms with Crippen molar-refractivity contribution in [2.24, 2.45) is 0 Å². The highest BCUT2D eigenvalue weighted by Gasteiger charge is 2.41. The maximum absolute atomic E-state index is 14.1. The highest BCUT2D eigenvalue weighted by Crippen LogP contribution is 2.41. The van der Waals surface area contributed by atoms with Crippen LogP contribution in [0.25, 0.3) is 5.69 Å². The van der Waals surface area contributed by atoms with Crippen LogP contribution in [0.1, 0.15) is 41.1 Å². The number of benzene rings is 2. The molecule has 0 aliphatic carbocycles. The van der Waals surface area contributed by atoms with Crippen LogP contribution in [-0.4, -0.2) is 39.1 Å². The van der Waals surface area contributed by atoms with Crippen molar-refractivity contribution in [3.8, 4) is 11.4 Å². The highest BCUT2D eigenvalue weighted by molar-refractivity contribution is 7.80. The number of ether oxygens (including phenoxy) is 1. The lowest BCUT2D eigenvalue weighted by Crippen LogP contribution is -2.33. The van der Waals surface area contributed by atoms with Gasteiger partial charge in [0.05, 0.1) is 30.6 Å². The average Bonchev–Trinajstić information content (AvgIpc) is 3.43. The molecule has 0 saturated carbocycles. The maximum atomic E-state index is 14.1. The Morgan fingerprint density at radius 3 is 2.54 bits per heavy atom. The second-order valence-electron chi connectivity index (χ2n) is 9.46. The van der Waals surface area contributed by atoms with E-state index in [0.717, 1.165) is 34.1 Å². The van der Waals surface area contributed by atoms with Gasteiger partial charge in [-0.05, 0) is 86.2 Å². The van der Waals surface area contributed by atoms with Crippen molar-refractivity contribution >= 4 is 28.9 Å². The van der Waals surface area contributed by atoms with Gasteiger partial charge in [0.25, 0.3) is 0 Å². The first-order valence-electron chi connectivity index (χ1n) is 12.7. The summed E-state index contributed by atoms with van der Waals surface area (Å²) in [4.78, 5) is 19.4. The summed E-state index contributed by atoms with van der Waals surface area (Å²) in [5, 5.41) is 6.66. The molecule has 1 aliphatic heterocycles. The molecule has 2 aromatic heterocycles. The van der Waals surface area contributed by atoms with E-state index in [1.807, 2.05) is 47.4 Å². The van der Waals surface area contributed by atoms with Gasteiger partial charge in [-0.15, -0.1) is 0 Å². The van der Waals surface area contributed by atoms with Gasteiger partial charge in [0.1, 0.15) is 11.6 Å². The molecule has 9 heteroatoms. The molecule has 1 saturated heterocycles. The van der Waals surface area contributed by atoms with Crippen molar-refractivity contribution in [3.05, 3.63) is 107 Å². The molecule has 5 rings (SSSR count). The van der Waals surface area contributed by atoms with Crippen LogP contribution in [-0.2, 0) is 4.79 Å². The molecule has 0 radical (unpaired) electrons. The van der Waals surface area contributed by atoms with E-state index in [0.29, 0.717) is 11.7 Å². The zero-order chi connectivity index (χ0) is 27.5. The van der Waals surface area contributed by atoms with Crippen molar-refractivity contribution in [3.63, 3.8) is 0 Å². The number of aromatic nitrogens is 2. The molecule has 1 aliphatic rings. The van der Waals surface area contributed by atoms with E-state index in [2.05, 4.69) is 40.1 Å². The minimum atomic E-state index is -0.469. The number of thiocarbonyl (C=S) groups is 1. The normalized spacial score (nSPS) is 16.7. The fourth-order valence-electron chi connectivity index (χ4n) is 5.20. The zero-order valence-corrected chi connectivity index (χ0v) is 22.8. The first-order chi connectivity index (χ1) is 18.9. The Morgan fingerprint density at radius 1 is 1.10 bits per heavy atom. The van der Waals surface area contributed by atoms with Crippen LogP contribution in [0.2, 0.25) is 0 Å². The van der Waals surface area contributed by atoms with E-state index >= 15 is 0 Å². The summed E-state index contributed by atoms with van der Waals surface area (Å²) < 4.78 is 21.6. The van der Waals surface area contributed by atoms with Gasteiger partial charge >= 0.3 is 0 Å². The molecule has 200 valence electrons. The molecule has 7 nitrogen and oxygen atoms in total. The summed E-state index contributed by atoms with van der Waals surface area (Å²) in [5.74, 6) is 0.0387. The van der Waals surface area contributed by atoms with E-state index in [1.54, 1.807) is 31.5 Å². The van der Waals surface area contributed by atoms with E-state index in [9.17, 15) is 9.18 Å². The number of aryl methyl sites for hydroxylation is 1. The molecule has 4 aromatic rings. The maximum Gasteiger partial charge on any atom is 0.226 e. The minimum Gasteiger partial charge on any atom is -0.497 e. The Kier molecular flexibility index (Phi) is 7.60. The van der Waals surface area contributed by atoms with Crippen LogP contribution >= 0.6 is 12.2 Å². The molecule has 0 bridgehead atoms. The van der Waals surface area contributed by atoms with Crippen LogP contribution in [0.5, 0.6) is 5.75 Å². The number of para-hydroxylation sites is 1. The summed E-state index contributed by atoms with van der Waals surface area (Å²) in [7, 11) is 1.65. The summed E-state index contributed by atoms with van der Waals surface area (Å²) in [5.41, 5.74) is 5.27. The van der Waals surface area contributed by atoms with E-state index in [-0.39, 0.29) is 30.1 Å². The molecule has 2 atom stereocenters. The number of amides is 1. The lowest BCUT2D eigenvalue weighted by molar-refractivity contribution is -0.116. The molecule has 2 unspecified atom stereocenters. The summed E-state index contributed by atoms with van der Waals surface area (Å²) in [6.45, 7) is 4.52. The fourth-order valence-corrected chi connectivity index (χ4v) is 5.53. The molecular formula is C30H30FN5O2S. The predicted octanol–water partition coefficient (Wildman–Crippen LogP) is 5.64. The number of carbonyl (C=O) groups excluding carboxylic acids is 1. The molecular weight excluding hydrogens is 513 g/mol. The lowest BCUT2D eigenvalue weighted by atomic mass is 9.96. The quantitative estimate of drug-likeness (QED) is 0.281. The number of hydrogen-bond donors (Lipinski definition) is 2. The molecule has 2 N–H and O–H groups in total. The van der Waals surface area contributed by atoms with E-state index < -0.39 is 5.82 Å². The Morgan fingerprint density at radius 2 is 1.85 bits per heavy atom. The number of anilines is 1. The smallest absolute Gasteiger partial charge is 0.226 e. The van der Waals surface area contributed by atoms with Gasteiger partial charge < -0.3 is 24.8 Å². The van der Waals surface area contributed by atoms with Crippen LogP contribution < -0.4 is 15.4 Å². The van der Waals surface area contributed by atoms with Crippen molar-refractivity contribution in [2.45, 2.75) is 32.4 Å². The summed E-state index contributed by atoms with van der Waals surface area (Å²) in [6, 6.07) is 21.6. The van der Waals surface area contributed by atoms with Gasteiger partial charge in [-0.2, -0.15) is 0 Å². The van der Waals surface area contributed by atoms with Crippen LogP contribution in [0, 0.1) is 19.7 Å². The standard InChI is InChI=1S/C30H30FN5O2S/c1-19-18-23(20(2)36(19)21-11-13-22(38-3)14-12-21)29-28(26-10-6-7-16-32-26)34-30(39)35(29)17-15-27(37)33-25-9-5-4-8-24(25)31/h4-14,16,18,28-29H,15,17H2,1-3H3,(H,33,37)(H,34,39).